The number of carbonyl (C=O) groups is 1. The molecule has 0 aliphatic rings. The number of hydrogen-bond donors (Lipinski definition) is 2. The van der Waals surface area contributed by atoms with Crippen LogP contribution in [0.5, 0.6) is 0 Å². The number of carbonyl (C=O) groups excluding carboxylic acids is 1. The van der Waals surface area contributed by atoms with E-state index in [0.717, 1.165) is 0 Å². The molecule has 0 bridgehead atoms. The lowest BCUT2D eigenvalue weighted by Gasteiger charge is -2.06. The summed E-state index contributed by atoms with van der Waals surface area (Å²) in [7, 11) is 1.61. The predicted molar refractivity (Wildman–Crippen MR) is 67.8 cm³/mol. The van der Waals surface area contributed by atoms with Crippen molar-refractivity contribution in [2.45, 2.75) is 13.5 Å². The van der Waals surface area contributed by atoms with Gasteiger partial charge in [0.05, 0.1) is 13.2 Å². The third-order valence-electron chi connectivity index (χ3n) is 2.33. The molecule has 1 rings (SSSR count). The van der Waals surface area contributed by atoms with Gasteiger partial charge in [-0.1, -0.05) is 29.8 Å². The van der Waals surface area contributed by atoms with E-state index >= 15 is 0 Å². The van der Waals surface area contributed by atoms with Crippen LogP contribution in [0.3, 0.4) is 0 Å². The summed E-state index contributed by atoms with van der Waals surface area (Å²) in [6.45, 7) is 4.20. The van der Waals surface area contributed by atoms with Gasteiger partial charge < -0.3 is 15.4 Å². The Kier molecular flexibility index (Phi) is 6.29. The van der Waals surface area contributed by atoms with Crippen molar-refractivity contribution in [3.63, 3.8) is 0 Å². The molecule has 0 aliphatic heterocycles. The molecule has 1 aromatic rings. The van der Waals surface area contributed by atoms with Crippen molar-refractivity contribution >= 4 is 5.91 Å². The number of hydrogen-bond acceptors (Lipinski definition) is 3. The Bertz CT molecular complexity index is 353. The van der Waals surface area contributed by atoms with Gasteiger partial charge in [0.15, 0.2) is 0 Å². The molecule has 4 nitrogen and oxygen atoms in total. The third-order valence-corrected chi connectivity index (χ3v) is 2.33. The largest absolute Gasteiger partial charge is 0.383 e. The lowest BCUT2D eigenvalue weighted by molar-refractivity contribution is -0.120. The van der Waals surface area contributed by atoms with Crippen molar-refractivity contribution in [1.29, 1.82) is 0 Å². The van der Waals surface area contributed by atoms with Gasteiger partial charge >= 0.3 is 0 Å². The smallest absolute Gasteiger partial charge is 0.234 e. The Morgan fingerprint density at radius 2 is 2.24 bits per heavy atom. The zero-order valence-electron chi connectivity index (χ0n) is 10.5. The van der Waals surface area contributed by atoms with Crippen molar-refractivity contribution in [3.05, 3.63) is 35.4 Å². The average Bonchev–Trinajstić information content (AvgIpc) is 2.29. The molecule has 0 unspecified atom stereocenters. The van der Waals surface area contributed by atoms with E-state index in [1.807, 2.05) is 12.1 Å². The van der Waals surface area contributed by atoms with Crippen LogP contribution in [0.25, 0.3) is 0 Å². The summed E-state index contributed by atoms with van der Waals surface area (Å²) in [5.74, 6) is -0.00490. The fourth-order valence-electron chi connectivity index (χ4n) is 1.50. The molecule has 0 radical (unpaired) electrons. The fourth-order valence-corrected chi connectivity index (χ4v) is 1.50. The van der Waals surface area contributed by atoms with Crippen LogP contribution in [0.15, 0.2) is 24.3 Å². The molecule has 0 fully saturated rings. The summed E-state index contributed by atoms with van der Waals surface area (Å²) < 4.78 is 4.84. The molecule has 0 saturated carbocycles. The second-order valence-corrected chi connectivity index (χ2v) is 3.94. The standard InChI is InChI=1S/C13H20N2O2/c1-11-4-3-5-12(8-11)9-14-10-13(16)15-6-7-17-2/h3-5,8,14H,6-7,9-10H2,1-2H3,(H,15,16). The van der Waals surface area contributed by atoms with Crippen LogP contribution in [0.2, 0.25) is 0 Å². The van der Waals surface area contributed by atoms with Gasteiger partial charge in [0.1, 0.15) is 0 Å². The summed E-state index contributed by atoms with van der Waals surface area (Å²) >= 11 is 0. The van der Waals surface area contributed by atoms with E-state index in [0.29, 0.717) is 26.2 Å². The fraction of sp³-hybridized carbons (Fsp3) is 0.462. The number of methoxy groups -OCH3 is 1. The molecule has 94 valence electrons. The monoisotopic (exact) mass is 236 g/mol. The Hall–Kier alpha value is -1.39. The number of amides is 1. The van der Waals surface area contributed by atoms with E-state index in [-0.39, 0.29) is 5.91 Å². The molecule has 0 atom stereocenters. The molecule has 1 amide bonds. The van der Waals surface area contributed by atoms with Crippen LogP contribution in [0.4, 0.5) is 0 Å². The van der Waals surface area contributed by atoms with E-state index in [4.69, 9.17) is 4.74 Å². The predicted octanol–water partition coefficient (Wildman–Crippen LogP) is 0.847. The van der Waals surface area contributed by atoms with Gasteiger partial charge in [0.25, 0.3) is 0 Å². The number of ether oxygens (including phenoxy) is 1. The van der Waals surface area contributed by atoms with E-state index in [9.17, 15) is 4.79 Å². The minimum absolute atomic E-state index is 0.00490. The maximum atomic E-state index is 11.3. The topological polar surface area (TPSA) is 50.4 Å². The van der Waals surface area contributed by atoms with Gasteiger partial charge in [0.2, 0.25) is 5.91 Å². The van der Waals surface area contributed by atoms with E-state index in [1.54, 1.807) is 7.11 Å². The first-order chi connectivity index (χ1) is 8.22. The number of rotatable bonds is 7. The highest BCUT2D eigenvalue weighted by Crippen LogP contribution is 2.02. The second-order valence-electron chi connectivity index (χ2n) is 3.94. The van der Waals surface area contributed by atoms with Crippen molar-refractivity contribution in [3.8, 4) is 0 Å². The number of nitrogens with one attached hydrogen (secondary N) is 2. The minimum Gasteiger partial charge on any atom is -0.383 e. The molecule has 0 aliphatic carbocycles. The molecule has 0 spiro atoms. The lowest BCUT2D eigenvalue weighted by atomic mass is 10.1. The van der Waals surface area contributed by atoms with Gasteiger partial charge in [-0.3, -0.25) is 4.79 Å². The average molecular weight is 236 g/mol. The normalized spacial score (nSPS) is 10.2. The Morgan fingerprint density at radius 3 is 2.94 bits per heavy atom. The quantitative estimate of drug-likeness (QED) is 0.690. The van der Waals surface area contributed by atoms with Crippen molar-refractivity contribution in [2.24, 2.45) is 0 Å². The summed E-state index contributed by atoms with van der Waals surface area (Å²) in [6, 6.07) is 8.23. The number of benzene rings is 1. The minimum atomic E-state index is -0.00490. The van der Waals surface area contributed by atoms with Gasteiger partial charge in [-0.05, 0) is 12.5 Å². The molecular formula is C13H20N2O2. The Morgan fingerprint density at radius 1 is 1.41 bits per heavy atom. The lowest BCUT2D eigenvalue weighted by Crippen LogP contribution is -2.35. The van der Waals surface area contributed by atoms with Gasteiger partial charge in [0, 0.05) is 20.2 Å². The first kappa shape index (κ1) is 13.7. The molecule has 0 saturated heterocycles. The third kappa shape index (κ3) is 6.04. The van der Waals surface area contributed by atoms with E-state index < -0.39 is 0 Å². The van der Waals surface area contributed by atoms with Gasteiger partial charge in [-0.25, -0.2) is 0 Å². The molecule has 17 heavy (non-hydrogen) atoms. The molecule has 2 N–H and O–H groups in total. The second kappa shape index (κ2) is 7.81. The summed E-state index contributed by atoms with van der Waals surface area (Å²) in [5, 5.41) is 5.86. The first-order valence-electron chi connectivity index (χ1n) is 5.74. The number of aryl methyl sites for hydroxylation is 1. The molecule has 1 aromatic carbocycles. The summed E-state index contributed by atoms with van der Waals surface area (Å²) in [5.41, 5.74) is 2.42. The molecule has 0 heterocycles. The summed E-state index contributed by atoms with van der Waals surface area (Å²) in [6.07, 6.45) is 0. The van der Waals surface area contributed by atoms with Crippen LogP contribution in [0.1, 0.15) is 11.1 Å². The highest BCUT2D eigenvalue weighted by molar-refractivity contribution is 5.77. The summed E-state index contributed by atoms with van der Waals surface area (Å²) in [4.78, 5) is 11.3. The van der Waals surface area contributed by atoms with E-state index in [2.05, 4.69) is 29.7 Å². The molecular weight excluding hydrogens is 216 g/mol. The van der Waals surface area contributed by atoms with Crippen LogP contribution >= 0.6 is 0 Å². The highest BCUT2D eigenvalue weighted by atomic mass is 16.5. The van der Waals surface area contributed by atoms with Crippen molar-refractivity contribution < 1.29 is 9.53 Å². The Labute approximate surface area is 102 Å². The maximum absolute atomic E-state index is 11.3. The first-order valence-corrected chi connectivity index (χ1v) is 5.74. The van der Waals surface area contributed by atoms with Crippen LogP contribution < -0.4 is 10.6 Å². The van der Waals surface area contributed by atoms with Crippen LogP contribution in [-0.4, -0.2) is 32.7 Å². The zero-order chi connectivity index (χ0) is 12.5. The maximum Gasteiger partial charge on any atom is 0.234 e. The molecule has 0 aromatic heterocycles. The molecule has 4 heteroatoms. The zero-order valence-corrected chi connectivity index (χ0v) is 10.5. The SMILES string of the molecule is COCCNC(=O)CNCc1cccc(C)c1. The Balaban J connectivity index is 2.17. The van der Waals surface area contributed by atoms with Gasteiger partial charge in [-0.2, -0.15) is 0 Å². The van der Waals surface area contributed by atoms with Gasteiger partial charge in [-0.15, -0.1) is 0 Å². The van der Waals surface area contributed by atoms with Crippen molar-refractivity contribution in [2.75, 3.05) is 26.8 Å². The van der Waals surface area contributed by atoms with Crippen molar-refractivity contribution in [1.82, 2.24) is 10.6 Å². The van der Waals surface area contributed by atoms with Crippen LogP contribution in [-0.2, 0) is 16.1 Å². The highest BCUT2D eigenvalue weighted by Gasteiger charge is 1.99. The van der Waals surface area contributed by atoms with E-state index in [1.165, 1.54) is 11.1 Å². The van der Waals surface area contributed by atoms with Crippen LogP contribution in [0, 0.1) is 6.92 Å².